The molecule has 0 saturated heterocycles. The summed E-state index contributed by atoms with van der Waals surface area (Å²) < 4.78 is 10.6. The van der Waals surface area contributed by atoms with Crippen molar-refractivity contribution in [3.8, 4) is 0 Å². The van der Waals surface area contributed by atoms with Crippen LogP contribution in [0.3, 0.4) is 0 Å². The van der Waals surface area contributed by atoms with Crippen LogP contribution in [0.2, 0.25) is 0 Å². The van der Waals surface area contributed by atoms with Gasteiger partial charge in [-0.05, 0) is 24.1 Å². The number of aryl methyl sites for hydroxylation is 1. The standard InChI is InChI=1S/C16H27NO2/c1-4-6-14-7-9-15(10-8-14)16(17-5-2)13-19-12-11-18-3/h7-10,16-17H,4-6,11-13H2,1-3H3. The highest BCUT2D eigenvalue weighted by molar-refractivity contribution is 5.25. The number of methoxy groups -OCH3 is 1. The summed E-state index contributed by atoms with van der Waals surface area (Å²) in [4.78, 5) is 0. The van der Waals surface area contributed by atoms with E-state index in [1.807, 2.05) is 0 Å². The SMILES string of the molecule is CCCc1ccc(C(COCCOC)NCC)cc1. The Morgan fingerprint density at radius 1 is 1.11 bits per heavy atom. The minimum atomic E-state index is 0.262. The topological polar surface area (TPSA) is 30.5 Å². The van der Waals surface area contributed by atoms with Gasteiger partial charge in [0, 0.05) is 7.11 Å². The van der Waals surface area contributed by atoms with E-state index in [-0.39, 0.29) is 6.04 Å². The zero-order valence-electron chi connectivity index (χ0n) is 12.4. The fraction of sp³-hybridized carbons (Fsp3) is 0.625. The molecular formula is C16H27NO2. The van der Waals surface area contributed by atoms with Crippen LogP contribution in [0.4, 0.5) is 0 Å². The fourth-order valence-electron chi connectivity index (χ4n) is 2.07. The second-order valence-corrected chi connectivity index (χ2v) is 4.67. The van der Waals surface area contributed by atoms with Gasteiger partial charge in [0.1, 0.15) is 0 Å². The largest absolute Gasteiger partial charge is 0.382 e. The lowest BCUT2D eigenvalue weighted by Gasteiger charge is -2.19. The fourth-order valence-corrected chi connectivity index (χ4v) is 2.07. The molecule has 0 aliphatic heterocycles. The van der Waals surface area contributed by atoms with Gasteiger partial charge in [-0.2, -0.15) is 0 Å². The summed E-state index contributed by atoms with van der Waals surface area (Å²) in [7, 11) is 1.69. The molecule has 0 fully saturated rings. The Bertz CT molecular complexity index is 324. The van der Waals surface area contributed by atoms with Gasteiger partial charge >= 0.3 is 0 Å². The van der Waals surface area contributed by atoms with Crippen LogP contribution < -0.4 is 5.32 Å². The summed E-state index contributed by atoms with van der Waals surface area (Å²) in [5, 5.41) is 3.46. The molecule has 1 N–H and O–H groups in total. The third-order valence-corrected chi connectivity index (χ3v) is 3.09. The number of nitrogens with one attached hydrogen (secondary N) is 1. The van der Waals surface area contributed by atoms with Crippen LogP contribution in [0, 0.1) is 0 Å². The number of likely N-dealkylation sites (N-methyl/N-ethyl adjacent to an activating group) is 1. The van der Waals surface area contributed by atoms with Crippen molar-refractivity contribution in [2.24, 2.45) is 0 Å². The van der Waals surface area contributed by atoms with Crippen LogP contribution in [-0.4, -0.2) is 33.5 Å². The number of hydrogen-bond donors (Lipinski definition) is 1. The van der Waals surface area contributed by atoms with Crippen LogP contribution in [0.15, 0.2) is 24.3 Å². The maximum atomic E-state index is 5.63. The van der Waals surface area contributed by atoms with E-state index in [0.717, 1.165) is 13.0 Å². The number of hydrogen-bond acceptors (Lipinski definition) is 3. The number of rotatable bonds is 10. The molecule has 0 aromatic heterocycles. The van der Waals surface area contributed by atoms with Gasteiger partial charge in [-0.1, -0.05) is 44.5 Å². The van der Waals surface area contributed by atoms with Crippen molar-refractivity contribution in [3.05, 3.63) is 35.4 Å². The molecule has 0 bridgehead atoms. The lowest BCUT2D eigenvalue weighted by atomic mass is 10.0. The van der Waals surface area contributed by atoms with Gasteiger partial charge in [0.15, 0.2) is 0 Å². The van der Waals surface area contributed by atoms with Gasteiger partial charge in [-0.15, -0.1) is 0 Å². The quantitative estimate of drug-likeness (QED) is 0.660. The first-order valence-corrected chi connectivity index (χ1v) is 7.20. The molecule has 19 heavy (non-hydrogen) atoms. The minimum absolute atomic E-state index is 0.262. The molecule has 3 heteroatoms. The van der Waals surface area contributed by atoms with Gasteiger partial charge in [-0.3, -0.25) is 0 Å². The molecule has 1 rings (SSSR count). The highest BCUT2D eigenvalue weighted by Gasteiger charge is 2.10. The predicted octanol–water partition coefficient (Wildman–Crippen LogP) is 2.95. The van der Waals surface area contributed by atoms with Crippen molar-refractivity contribution >= 4 is 0 Å². The first kappa shape index (κ1) is 16.2. The first-order chi connectivity index (χ1) is 9.31. The maximum Gasteiger partial charge on any atom is 0.0701 e. The van der Waals surface area contributed by atoms with Gasteiger partial charge in [0.25, 0.3) is 0 Å². The summed E-state index contributed by atoms with van der Waals surface area (Å²) in [5.41, 5.74) is 2.70. The monoisotopic (exact) mass is 265 g/mol. The first-order valence-electron chi connectivity index (χ1n) is 7.20. The van der Waals surface area contributed by atoms with Gasteiger partial charge < -0.3 is 14.8 Å². The van der Waals surface area contributed by atoms with E-state index in [1.165, 1.54) is 17.5 Å². The van der Waals surface area contributed by atoms with Gasteiger partial charge in [-0.25, -0.2) is 0 Å². The van der Waals surface area contributed by atoms with Crippen LogP contribution >= 0.6 is 0 Å². The van der Waals surface area contributed by atoms with Crippen LogP contribution in [0.1, 0.15) is 37.4 Å². The van der Waals surface area contributed by atoms with Crippen LogP contribution in [0.5, 0.6) is 0 Å². The average Bonchev–Trinajstić information content (AvgIpc) is 2.44. The van der Waals surface area contributed by atoms with Crippen molar-refractivity contribution < 1.29 is 9.47 Å². The Morgan fingerprint density at radius 2 is 1.84 bits per heavy atom. The number of ether oxygens (including phenoxy) is 2. The van der Waals surface area contributed by atoms with E-state index in [2.05, 4.69) is 43.4 Å². The summed E-state index contributed by atoms with van der Waals surface area (Å²) in [6.07, 6.45) is 2.34. The molecule has 0 heterocycles. The van der Waals surface area contributed by atoms with Gasteiger partial charge in [0.2, 0.25) is 0 Å². The minimum Gasteiger partial charge on any atom is -0.382 e. The average molecular weight is 265 g/mol. The van der Waals surface area contributed by atoms with E-state index < -0.39 is 0 Å². The molecule has 108 valence electrons. The van der Waals surface area contributed by atoms with Gasteiger partial charge in [0.05, 0.1) is 25.9 Å². The Balaban J connectivity index is 2.53. The molecule has 3 nitrogen and oxygen atoms in total. The van der Waals surface area contributed by atoms with Crippen molar-refractivity contribution in [1.29, 1.82) is 0 Å². The van der Waals surface area contributed by atoms with E-state index in [1.54, 1.807) is 7.11 Å². The Labute approximate surface area is 117 Å². The molecule has 0 aliphatic rings. The van der Waals surface area contributed by atoms with Crippen molar-refractivity contribution in [2.75, 3.05) is 33.5 Å². The molecule has 0 radical (unpaired) electrons. The molecule has 1 aromatic carbocycles. The van der Waals surface area contributed by atoms with Crippen molar-refractivity contribution in [1.82, 2.24) is 5.32 Å². The normalized spacial score (nSPS) is 12.6. The Kier molecular flexibility index (Phi) is 8.47. The highest BCUT2D eigenvalue weighted by Crippen LogP contribution is 2.15. The lowest BCUT2D eigenvalue weighted by Crippen LogP contribution is -2.26. The van der Waals surface area contributed by atoms with E-state index in [9.17, 15) is 0 Å². The molecular weight excluding hydrogens is 238 g/mol. The van der Waals surface area contributed by atoms with E-state index in [0.29, 0.717) is 19.8 Å². The second-order valence-electron chi connectivity index (χ2n) is 4.67. The zero-order valence-corrected chi connectivity index (χ0v) is 12.4. The van der Waals surface area contributed by atoms with Crippen molar-refractivity contribution in [3.63, 3.8) is 0 Å². The number of benzene rings is 1. The summed E-state index contributed by atoms with van der Waals surface area (Å²) in [6.45, 7) is 7.24. The summed E-state index contributed by atoms with van der Waals surface area (Å²) >= 11 is 0. The predicted molar refractivity (Wildman–Crippen MR) is 79.5 cm³/mol. The molecule has 0 saturated carbocycles. The molecule has 0 aliphatic carbocycles. The summed E-state index contributed by atoms with van der Waals surface area (Å²) in [5.74, 6) is 0. The van der Waals surface area contributed by atoms with E-state index >= 15 is 0 Å². The summed E-state index contributed by atoms with van der Waals surface area (Å²) in [6, 6.07) is 9.12. The Hall–Kier alpha value is -0.900. The molecule has 0 spiro atoms. The second kappa shape index (κ2) is 9.96. The lowest BCUT2D eigenvalue weighted by molar-refractivity contribution is 0.0588. The molecule has 1 unspecified atom stereocenters. The zero-order chi connectivity index (χ0) is 13.9. The molecule has 1 aromatic rings. The molecule has 0 amide bonds. The van der Waals surface area contributed by atoms with Crippen LogP contribution in [-0.2, 0) is 15.9 Å². The van der Waals surface area contributed by atoms with Crippen LogP contribution in [0.25, 0.3) is 0 Å². The maximum absolute atomic E-state index is 5.63. The Morgan fingerprint density at radius 3 is 2.42 bits per heavy atom. The van der Waals surface area contributed by atoms with Crippen molar-refractivity contribution in [2.45, 2.75) is 32.7 Å². The third kappa shape index (κ3) is 6.19. The van der Waals surface area contributed by atoms with E-state index in [4.69, 9.17) is 9.47 Å². The third-order valence-electron chi connectivity index (χ3n) is 3.09. The smallest absolute Gasteiger partial charge is 0.0701 e. The highest BCUT2D eigenvalue weighted by atomic mass is 16.5. The molecule has 1 atom stereocenters.